The van der Waals surface area contributed by atoms with Gasteiger partial charge in [-0.25, -0.2) is 0 Å². The van der Waals surface area contributed by atoms with Gasteiger partial charge in [0.2, 0.25) is 0 Å². The number of hydrogen-bond donors (Lipinski definition) is 0. The van der Waals surface area contributed by atoms with Crippen LogP contribution in [0.5, 0.6) is 5.75 Å². The normalized spacial score (nSPS) is 11.1. The zero-order valence-corrected chi connectivity index (χ0v) is 12.0. The van der Waals surface area contributed by atoms with Gasteiger partial charge < -0.3 is 0 Å². The maximum absolute atomic E-state index is 10.9. The van der Waals surface area contributed by atoms with E-state index in [1.807, 2.05) is 30.3 Å². The first kappa shape index (κ1) is 13.3. The van der Waals surface area contributed by atoms with Crippen LogP contribution in [0.25, 0.3) is 10.0 Å². The van der Waals surface area contributed by atoms with Crippen LogP contribution < -0.4 is 9.16 Å². The molecule has 0 atom stereocenters. The van der Waals surface area contributed by atoms with E-state index in [1.165, 1.54) is 6.92 Å². The number of benzene rings is 1. The minimum atomic E-state index is -0.329. The van der Waals surface area contributed by atoms with E-state index >= 15 is 0 Å². The van der Waals surface area contributed by atoms with Gasteiger partial charge >= 0.3 is 115 Å². The molecule has 2 aromatic rings. The van der Waals surface area contributed by atoms with Gasteiger partial charge in [0, 0.05) is 0 Å². The van der Waals surface area contributed by atoms with Crippen molar-refractivity contribution in [3.05, 3.63) is 34.5 Å². The van der Waals surface area contributed by atoms with Crippen LogP contribution in [-0.2, 0) is 4.79 Å². The Balaban J connectivity index is 2.52. The van der Waals surface area contributed by atoms with Crippen molar-refractivity contribution in [2.24, 2.45) is 4.99 Å². The Morgan fingerprint density at radius 3 is 2.63 bits per heavy atom. The molecule has 2 rings (SSSR count). The molecule has 0 aliphatic heterocycles. The second-order valence-corrected chi connectivity index (χ2v) is 5.62. The fourth-order valence-electron chi connectivity index (χ4n) is 1.47. The molecule has 1 amide bonds. The Kier molecular flexibility index (Phi) is 4.00. The van der Waals surface area contributed by atoms with Crippen LogP contribution in [0.4, 0.5) is 0 Å². The number of amides is 1. The molecule has 96 valence electrons. The van der Waals surface area contributed by atoms with Gasteiger partial charge in [-0.2, -0.15) is 0 Å². The molecule has 0 fully saturated rings. The molecular formula is C13H10N2O3Se. The van der Waals surface area contributed by atoms with Crippen molar-refractivity contribution in [3.63, 3.8) is 0 Å². The van der Waals surface area contributed by atoms with E-state index in [0.717, 1.165) is 15.8 Å². The second-order valence-electron chi connectivity index (χ2n) is 3.60. The molecule has 0 spiro atoms. The van der Waals surface area contributed by atoms with Gasteiger partial charge in [-0.05, 0) is 0 Å². The van der Waals surface area contributed by atoms with Crippen molar-refractivity contribution in [1.29, 1.82) is 5.26 Å². The zero-order valence-electron chi connectivity index (χ0n) is 10.3. The summed E-state index contributed by atoms with van der Waals surface area (Å²) in [5.74, 6) is 0.627. The Morgan fingerprint density at radius 1 is 1.42 bits per heavy atom. The first-order chi connectivity index (χ1) is 9.13. The number of nitriles is 1. The predicted molar refractivity (Wildman–Crippen MR) is 68.6 cm³/mol. The average molecular weight is 321 g/mol. The van der Waals surface area contributed by atoms with E-state index in [9.17, 15) is 4.79 Å². The summed E-state index contributed by atoms with van der Waals surface area (Å²) < 4.78 is 11.5. The quantitative estimate of drug-likeness (QED) is 0.782. The van der Waals surface area contributed by atoms with Crippen LogP contribution in [0, 0.1) is 11.3 Å². The second kappa shape index (κ2) is 5.70. The molecule has 0 N–H and O–H groups in total. The monoisotopic (exact) mass is 322 g/mol. The van der Waals surface area contributed by atoms with Gasteiger partial charge in [0.1, 0.15) is 0 Å². The Labute approximate surface area is 115 Å². The Bertz CT molecular complexity index is 705. The molecule has 0 saturated heterocycles. The topological polar surface area (TPSA) is 75.6 Å². The van der Waals surface area contributed by atoms with E-state index in [2.05, 4.69) is 4.99 Å². The molecule has 0 bridgehead atoms. The van der Waals surface area contributed by atoms with E-state index in [-0.39, 0.29) is 26.2 Å². The van der Waals surface area contributed by atoms with E-state index in [1.54, 1.807) is 7.11 Å². The fraction of sp³-hybridized carbons (Fsp3) is 0.154. The van der Waals surface area contributed by atoms with E-state index in [0.29, 0.717) is 4.43 Å². The molecule has 19 heavy (non-hydrogen) atoms. The molecule has 0 aliphatic rings. The molecule has 0 saturated carbocycles. The van der Waals surface area contributed by atoms with Crippen LogP contribution >= 0.6 is 0 Å². The average Bonchev–Trinajstić information content (AvgIpc) is 2.81. The van der Waals surface area contributed by atoms with Crippen molar-refractivity contribution < 1.29 is 13.9 Å². The molecular weight excluding hydrogens is 311 g/mol. The summed E-state index contributed by atoms with van der Waals surface area (Å²) in [6.07, 6.45) is 0. The number of carbonyl (C=O) groups is 1. The SMILES string of the molecule is COc1ccc(-c2[se]c(=NC(C)=O)oc2C#N)cc1. The summed E-state index contributed by atoms with van der Waals surface area (Å²) >= 11 is -0.272. The summed E-state index contributed by atoms with van der Waals surface area (Å²) in [5, 5.41) is 9.06. The van der Waals surface area contributed by atoms with Gasteiger partial charge in [-0.1, -0.05) is 0 Å². The van der Waals surface area contributed by atoms with Crippen LogP contribution in [0.1, 0.15) is 12.7 Å². The van der Waals surface area contributed by atoms with E-state index in [4.69, 9.17) is 14.4 Å². The number of nitrogens with zero attached hydrogens (tertiary/aromatic N) is 2. The third-order valence-corrected chi connectivity index (χ3v) is 4.33. The molecule has 0 radical (unpaired) electrons. The molecule has 5 nitrogen and oxygen atoms in total. The number of methoxy groups -OCH3 is 1. The molecule has 1 aromatic carbocycles. The molecule has 0 aliphatic carbocycles. The van der Waals surface area contributed by atoms with Gasteiger partial charge in [-0.3, -0.25) is 0 Å². The first-order valence-corrected chi connectivity index (χ1v) is 7.09. The predicted octanol–water partition coefficient (Wildman–Crippen LogP) is 1.33. The summed E-state index contributed by atoms with van der Waals surface area (Å²) in [7, 11) is 1.59. The third kappa shape index (κ3) is 3.02. The van der Waals surface area contributed by atoms with Gasteiger partial charge in [0.15, 0.2) is 0 Å². The van der Waals surface area contributed by atoms with Crippen molar-refractivity contribution >= 4 is 20.4 Å². The number of hydrogen-bond acceptors (Lipinski definition) is 4. The standard InChI is InChI=1S/C13H10N2O3Se/c1-8(16)15-13-18-11(7-14)12(19-13)9-3-5-10(17-2)6-4-9/h3-6H,1-2H3. The summed E-state index contributed by atoms with van der Waals surface area (Å²) in [6, 6.07) is 9.33. The molecule has 1 aromatic heterocycles. The molecule has 0 unspecified atom stereocenters. The van der Waals surface area contributed by atoms with Gasteiger partial charge in [0.05, 0.1) is 0 Å². The number of carbonyl (C=O) groups excluding carboxylic acids is 1. The van der Waals surface area contributed by atoms with Crippen LogP contribution in [-0.4, -0.2) is 27.5 Å². The summed E-state index contributed by atoms with van der Waals surface area (Å²) in [5.41, 5.74) is 0.881. The van der Waals surface area contributed by atoms with Gasteiger partial charge in [0.25, 0.3) is 0 Å². The Morgan fingerprint density at radius 2 is 2.11 bits per heavy atom. The summed E-state index contributed by atoms with van der Waals surface area (Å²) in [4.78, 5) is 14.7. The van der Waals surface area contributed by atoms with Crippen molar-refractivity contribution in [1.82, 2.24) is 0 Å². The van der Waals surface area contributed by atoms with Crippen molar-refractivity contribution in [3.8, 4) is 21.8 Å². The molecule has 6 heteroatoms. The summed E-state index contributed by atoms with van der Waals surface area (Å²) in [6.45, 7) is 1.35. The maximum atomic E-state index is 10.9. The van der Waals surface area contributed by atoms with Crippen molar-refractivity contribution in [2.45, 2.75) is 6.92 Å². The van der Waals surface area contributed by atoms with Gasteiger partial charge in [-0.15, -0.1) is 0 Å². The van der Waals surface area contributed by atoms with Crippen LogP contribution in [0.15, 0.2) is 33.7 Å². The van der Waals surface area contributed by atoms with Crippen LogP contribution in [0.2, 0.25) is 0 Å². The minimum absolute atomic E-state index is 0.213. The molecule has 1 heterocycles. The fourth-order valence-corrected chi connectivity index (χ4v) is 3.37. The first-order valence-electron chi connectivity index (χ1n) is 5.38. The number of ether oxygens (including phenoxy) is 1. The zero-order chi connectivity index (χ0) is 13.8. The van der Waals surface area contributed by atoms with Crippen molar-refractivity contribution in [2.75, 3.05) is 7.11 Å². The number of rotatable bonds is 2. The third-order valence-electron chi connectivity index (χ3n) is 2.29. The van der Waals surface area contributed by atoms with Crippen LogP contribution in [0.3, 0.4) is 0 Å². The Hall–Kier alpha value is -2.09. The van der Waals surface area contributed by atoms with E-state index < -0.39 is 0 Å².